The number of methoxy groups -OCH3 is 1. The van der Waals surface area contributed by atoms with Gasteiger partial charge in [-0.15, -0.1) is 6.42 Å². The Labute approximate surface area is 157 Å². The lowest BCUT2D eigenvalue weighted by molar-refractivity contribution is -0.116. The van der Waals surface area contributed by atoms with Crippen LogP contribution >= 0.6 is 11.6 Å². The maximum Gasteiger partial charge on any atom is 0.254 e. The molecule has 2 aromatic rings. The first-order chi connectivity index (χ1) is 12.5. The second-order valence-electron chi connectivity index (χ2n) is 5.45. The van der Waals surface area contributed by atoms with Crippen LogP contribution in [0.1, 0.15) is 22.3 Å². The van der Waals surface area contributed by atoms with Gasteiger partial charge in [-0.3, -0.25) is 9.59 Å². The Balaban J connectivity index is 1.99. The van der Waals surface area contributed by atoms with E-state index in [1.165, 1.54) is 0 Å². The van der Waals surface area contributed by atoms with Crippen molar-refractivity contribution in [1.29, 1.82) is 0 Å². The minimum Gasteiger partial charge on any atom is -0.495 e. The fraction of sp³-hybridized carbons (Fsp3) is 0.200. The van der Waals surface area contributed by atoms with Crippen LogP contribution in [0, 0.1) is 12.3 Å². The highest BCUT2D eigenvalue weighted by atomic mass is 35.5. The molecule has 0 saturated heterocycles. The van der Waals surface area contributed by atoms with E-state index in [-0.39, 0.29) is 24.8 Å². The fourth-order valence-corrected chi connectivity index (χ4v) is 2.63. The van der Waals surface area contributed by atoms with Gasteiger partial charge in [0.25, 0.3) is 5.91 Å². The van der Waals surface area contributed by atoms with E-state index in [9.17, 15) is 9.59 Å². The number of carbonyl (C=O) groups excluding carboxylic acids is 2. The van der Waals surface area contributed by atoms with Crippen molar-refractivity contribution in [3.8, 4) is 18.1 Å². The maximum atomic E-state index is 12.2. The van der Waals surface area contributed by atoms with Crippen LogP contribution in [0.5, 0.6) is 5.75 Å². The quantitative estimate of drug-likeness (QED) is 0.735. The van der Waals surface area contributed by atoms with E-state index in [2.05, 4.69) is 16.6 Å². The number of hydrogen-bond acceptors (Lipinski definition) is 3. The van der Waals surface area contributed by atoms with Crippen LogP contribution in [-0.2, 0) is 11.2 Å². The number of anilines is 1. The standard InChI is InChI=1S/C20H19ClN2O3/c1-3-12-22-20(25)15-6-4-5-7-17(15)23-19(24)11-9-14-8-10-18(26-2)16(21)13-14/h1,4-8,10,13H,9,11-12H2,2H3,(H,22,25)(H,23,24). The predicted molar refractivity (Wildman–Crippen MR) is 103 cm³/mol. The summed E-state index contributed by atoms with van der Waals surface area (Å²) < 4.78 is 5.11. The first-order valence-corrected chi connectivity index (χ1v) is 8.36. The highest BCUT2D eigenvalue weighted by Crippen LogP contribution is 2.25. The van der Waals surface area contributed by atoms with Crippen LogP contribution in [0.3, 0.4) is 0 Å². The molecule has 0 aliphatic rings. The van der Waals surface area contributed by atoms with Gasteiger partial charge in [-0.1, -0.05) is 35.7 Å². The monoisotopic (exact) mass is 370 g/mol. The molecule has 0 radical (unpaired) electrons. The van der Waals surface area contributed by atoms with Gasteiger partial charge in [0.1, 0.15) is 5.75 Å². The number of carbonyl (C=O) groups is 2. The summed E-state index contributed by atoms with van der Waals surface area (Å²) in [5.41, 5.74) is 1.73. The van der Waals surface area contributed by atoms with E-state index in [0.717, 1.165) is 5.56 Å². The Morgan fingerprint density at radius 3 is 2.69 bits per heavy atom. The number of rotatable bonds is 7. The van der Waals surface area contributed by atoms with E-state index in [4.69, 9.17) is 22.8 Å². The zero-order valence-electron chi connectivity index (χ0n) is 14.3. The SMILES string of the molecule is C#CCNC(=O)c1ccccc1NC(=O)CCc1ccc(OC)c(Cl)c1. The van der Waals surface area contributed by atoms with E-state index < -0.39 is 0 Å². The van der Waals surface area contributed by atoms with Crippen molar-refractivity contribution in [3.63, 3.8) is 0 Å². The Morgan fingerprint density at radius 2 is 2.00 bits per heavy atom. The van der Waals surface area contributed by atoms with Gasteiger partial charge in [-0.05, 0) is 36.2 Å². The van der Waals surface area contributed by atoms with Crippen molar-refractivity contribution < 1.29 is 14.3 Å². The summed E-state index contributed by atoms with van der Waals surface area (Å²) in [6, 6.07) is 12.2. The molecule has 0 unspecified atom stereocenters. The number of terminal acetylenes is 1. The number of benzene rings is 2. The lowest BCUT2D eigenvalue weighted by Gasteiger charge is -2.11. The summed E-state index contributed by atoms with van der Waals surface area (Å²) >= 11 is 6.09. The number of aryl methyl sites for hydroxylation is 1. The molecular formula is C20H19ClN2O3. The molecule has 0 bridgehead atoms. The molecule has 2 aromatic carbocycles. The van der Waals surface area contributed by atoms with E-state index >= 15 is 0 Å². The van der Waals surface area contributed by atoms with E-state index in [1.807, 2.05) is 6.07 Å². The molecule has 0 fully saturated rings. The minimum absolute atomic E-state index is 0.124. The van der Waals surface area contributed by atoms with E-state index in [0.29, 0.717) is 28.4 Å². The fourth-order valence-electron chi connectivity index (χ4n) is 2.35. The van der Waals surface area contributed by atoms with Gasteiger partial charge < -0.3 is 15.4 Å². The van der Waals surface area contributed by atoms with Crippen molar-refractivity contribution in [3.05, 3.63) is 58.6 Å². The van der Waals surface area contributed by atoms with Crippen LogP contribution in [-0.4, -0.2) is 25.5 Å². The summed E-state index contributed by atoms with van der Waals surface area (Å²) in [6.45, 7) is 0.124. The molecule has 26 heavy (non-hydrogen) atoms. The lowest BCUT2D eigenvalue weighted by atomic mass is 10.1. The molecule has 0 aromatic heterocycles. The van der Waals surface area contributed by atoms with Gasteiger partial charge in [-0.2, -0.15) is 0 Å². The Morgan fingerprint density at radius 1 is 1.23 bits per heavy atom. The number of ether oxygens (including phenoxy) is 1. The summed E-state index contributed by atoms with van der Waals surface area (Å²) in [5, 5.41) is 5.85. The third-order valence-corrected chi connectivity index (χ3v) is 3.95. The van der Waals surface area contributed by atoms with Crippen LogP contribution in [0.15, 0.2) is 42.5 Å². The molecule has 0 heterocycles. The summed E-state index contributed by atoms with van der Waals surface area (Å²) in [5.74, 6) is 2.40. The second-order valence-corrected chi connectivity index (χ2v) is 5.86. The molecule has 0 saturated carbocycles. The molecule has 6 heteroatoms. The number of hydrogen-bond donors (Lipinski definition) is 2. The highest BCUT2D eigenvalue weighted by Gasteiger charge is 2.12. The number of para-hydroxylation sites is 1. The first kappa shape index (κ1) is 19.4. The third-order valence-electron chi connectivity index (χ3n) is 3.65. The second kappa shape index (κ2) is 9.50. The molecule has 2 N–H and O–H groups in total. The van der Waals surface area contributed by atoms with Crippen molar-refractivity contribution in [2.45, 2.75) is 12.8 Å². The highest BCUT2D eigenvalue weighted by molar-refractivity contribution is 6.32. The molecule has 0 aliphatic carbocycles. The van der Waals surface area contributed by atoms with Crippen LogP contribution in [0.25, 0.3) is 0 Å². The molecule has 0 spiro atoms. The van der Waals surface area contributed by atoms with Gasteiger partial charge in [0, 0.05) is 6.42 Å². The molecule has 0 atom stereocenters. The Hall–Kier alpha value is -2.97. The maximum absolute atomic E-state index is 12.2. The van der Waals surface area contributed by atoms with Crippen LogP contribution < -0.4 is 15.4 Å². The predicted octanol–water partition coefficient (Wildman–Crippen LogP) is 3.28. The van der Waals surface area contributed by atoms with Gasteiger partial charge in [0.05, 0.1) is 29.9 Å². The largest absolute Gasteiger partial charge is 0.495 e. The average molecular weight is 371 g/mol. The molecule has 2 rings (SSSR count). The minimum atomic E-state index is -0.333. The summed E-state index contributed by atoms with van der Waals surface area (Å²) in [7, 11) is 1.55. The van der Waals surface area contributed by atoms with Crippen molar-refractivity contribution >= 4 is 29.1 Å². The van der Waals surface area contributed by atoms with Gasteiger partial charge in [0.15, 0.2) is 0 Å². The molecule has 5 nitrogen and oxygen atoms in total. The first-order valence-electron chi connectivity index (χ1n) is 7.98. The Kier molecular flexibility index (Phi) is 7.07. The average Bonchev–Trinajstić information content (AvgIpc) is 2.65. The molecule has 2 amide bonds. The third kappa shape index (κ3) is 5.27. The van der Waals surface area contributed by atoms with Crippen molar-refractivity contribution in [2.75, 3.05) is 19.0 Å². The summed E-state index contributed by atoms with van der Waals surface area (Å²) in [4.78, 5) is 24.3. The molecule has 134 valence electrons. The zero-order valence-corrected chi connectivity index (χ0v) is 15.1. The smallest absolute Gasteiger partial charge is 0.254 e. The van der Waals surface area contributed by atoms with Crippen molar-refractivity contribution in [2.24, 2.45) is 0 Å². The van der Waals surface area contributed by atoms with E-state index in [1.54, 1.807) is 43.5 Å². The molecule has 0 aliphatic heterocycles. The number of halogens is 1. The lowest BCUT2D eigenvalue weighted by Crippen LogP contribution is -2.25. The topological polar surface area (TPSA) is 67.4 Å². The van der Waals surface area contributed by atoms with Crippen LogP contribution in [0.4, 0.5) is 5.69 Å². The van der Waals surface area contributed by atoms with Crippen LogP contribution in [0.2, 0.25) is 5.02 Å². The number of amides is 2. The van der Waals surface area contributed by atoms with Crippen molar-refractivity contribution in [1.82, 2.24) is 5.32 Å². The normalized spacial score (nSPS) is 9.88. The Bertz CT molecular complexity index is 843. The van der Waals surface area contributed by atoms with Gasteiger partial charge in [0.2, 0.25) is 5.91 Å². The summed E-state index contributed by atoms with van der Waals surface area (Å²) in [6.07, 6.45) is 5.91. The zero-order chi connectivity index (χ0) is 18.9. The number of nitrogens with one attached hydrogen (secondary N) is 2. The van der Waals surface area contributed by atoms with Gasteiger partial charge in [-0.25, -0.2) is 0 Å². The van der Waals surface area contributed by atoms with Gasteiger partial charge >= 0.3 is 0 Å². The molecular weight excluding hydrogens is 352 g/mol.